The normalized spacial score (nSPS) is 9.88. The summed E-state index contributed by atoms with van der Waals surface area (Å²) in [5.41, 5.74) is 0. The minimum absolute atomic E-state index is 0.639. The molecule has 0 rings (SSSR count). The van der Waals surface area contributed by atoms with Gasteiger partial charge in [-0.1, -0.05) is 27.4 Å². The summed E-state index contributed by atoms with van der Waals surface area (Å²) in [5.74, 6) is 0. The van der Waals surface area contributed by atoms with Gasteiger partial charge in [-0.25, -0.2) is 0 Å². The molecule has 0 unspecified atom stereocenters. The molecule has 0 radical (unpaired) electrons. The average Bonchev–Trinajstić information content (AvgIpc) is 2.34. The molecule has 0 N–H and O–H groups in total. The van der Waals surface area contributed by atoms with Gasteiger partial charge in [0.15, 0.2) is 0 Å². The molecule has 16 heavy (non-hydrogen) atoms. The summed E-state index contributed by atoms with van der Waals surface area (Å²) in [6.45, 7) is 15.8. The first-order valence-electron chi connectivity index (χ1n) is 6.13. The number of rotatable bonds is 8. The van der Waals surface area contributed by atoms with Gasteiger partial charge in [-0.2, -0.15) is 0 Å². The van der Waals surface area contributed by atoms with E-state index in [2.05, 4.69) is 44.2 Å². The summed E-state index contributed by atoms with van der Waals surface area (Å²) in [5, 5.41) is 0. The molecule has 3 heteroatoms. The van der Waals surface area contributed by atoms with E-state index in [0.29, 0.717) is 6.29 Å². The van der Waals surface area contributed by atoms with Crippen molar-refractivity contribution in [1.29, 1.82) is 0 Å². The van der Waals surface area contributed by atoms with Crippen molar-refractivity contribution in [2.75, 3.05) is 39.8 Å². The lowest BCUT2D eigenvalue weighted by Crippen LogP contribution is -2.33. The molecular formula is C13H28N2O. The van der Waals surface area contributed by atoms with Crippen LogP contribution in [0.2, 0.25) is 0 Å². The molecule has 0 aromatic carbocycles. The van der Waals surface area contributed by atoms with E-state index in [0.717, 1.165) is 6.54 Å². The van der Waals surface area contributed by atoms with E-state index in [-0.39, 0.29) is 0 Å². The van der Waals surface area contributed by atoms with Crippen molar-refractivity contribution in [2.45, 2.75) is 27.2 Å². The smallest absolute Gasteiger partial charge is 0.142 e. The molecule has 0 saturated carbocycles. The average molecular weight is 228 g/mol. The maximum atomic E-state index is 9.06. The monoisotopic (exact) mass is 228 g/mol. The molecule has 0 spiro atoms. The molecule has 0 aliphatic carbocycles. The van der Waals surface area contributed by atoms with Gasteiger partial charge in [-0.3, -0.25) is 4.79 Å². The largest absolute Gasteiger partial charge is 0.305 e. The Bertz CT molecular complexity index is 154. The fraction of sp³-hybridized carbons (Fsp3) is 0.769. The number of carbonyl (C=O) groups is 1. The lowest BCUT2D eigenvalue weighted by molar-refractivity contribution is -0.104. The van der Waals surface area contributed by atoms with Crippen LogP contribution < -0.4 is 0 Å². The summed E-state index contributed by atoms with van der Waals surface area (Å²) in [7, 11) is 2.18. The Hall–Kier alpha value is -0.670. The maximum absolute atomic E-state index is 9.06. The first kappa shape index (κ1) is 17.7. The molecule has 0 aromatic rings. The van der Waals surface area contributed by atoms with E-state index in [1.807, 2.05) is 0 Å². The van der Waals surface area contributed by atoms with E-state index in [9.17, 15) is 0 Å². The highest BCUT2D eigenvalue weighted by molar-refractivity contribution is 5.63. The first-order chi connectivity index (χ1) is 7.65. The predicted molar refractivity (Wildman–Crippen MR) is 71.8 cm³/mol. The molecule has 0 amide bonds. The molecule has 0 bridgehead atoms. The third-order valence-electron chi connectivity index (χ3n) is 2.42. The van der Waals surface area contributed by atoms with Crippen LogP contribution in [-0.4, -0.2) is 55.9 Å². The maximum Gasteiger partial charge on any atom is 0.142 e. The Morgan fingerprint density at radius 1 is 1.06 bits per heavy atom. The van der Waals surface area contributed by atoms with Crippen LogP contribution in [0.4, 0.5) is 0 Å². The molecule has 3 nitrogen and oxygen atoms in total. The van der Waals surface area contributed by atoms with Crippen molar-refractivity contribution in [3.05, 3.63) is 12.7 Å². The first-order valence-corrected chi connectivity index (χ1v) is 6.13. The Labute approximate surface area is 101 Å². The van der Waals surface area contributed by atoms with Crippen LogP contribution in [-0.2, 0) is 4.79 Å². The second-order valence-corrected chi connectivity index (χ2v) is 3.70. The Morgan fingerprint density at radius 3 is 1.94 bits per heavy atom. The second kappa shape index (κ2) is 14.3. The van der Waals surface area contributed by atoms with E-state index in [4.69, 9.17) is 4.79 Å². The highest BCUT2D eigenvalue weighted by Crippen LogP contribution is 1.91. The Morgan fingerprint density at radius 2 is 1.62 bits per heavy atom. The van der Waals surface area contributed by atoms with Crippen molar-refractivity contribution in [1.82, 2.24) is 9.80 Å². The number of likely N-dealkylation sites (N-methyl/N-ethyl adjacent to an activating group) is 2. The minimum atomic E-state index is 0.639. The topological polar surface area (TPSA) is 23.6 Å². The summed E-state index contributed by atoms with van der Waals surface area (Å²) in [6, 6.07) is 0. The predicted octanol–water partition coefficient (Wildman–Crippen LogP) is 2.04. The summed E-state index contributed by atoms with van der Waals surface area (Å²) in [6.07, 6.45) is 3.10. The van der Waals surface area contributed by atoms with Gasteiger partial charge in [-0.05, 0) is 39.2 Å². The van der Waals surface area contributed by atoms with Crippen molar-refractivity contribution in [3.63, 3.8) is 0 Å². The zero-order valence-corrected chi connectivity index (χ0v) is 11.4. The molecule has 0 aromatic heterocycles. The molecule has 0 fully saturated rings. The van der Waals surface area contributed by atoms with Crippen LogP contribution >= 0.6 is 0 Å². The number of hydrogen-bond acceptors (Lipinski definition) is 3. The van der Waals surface area contributed by atoms with Crippen LogP contribution in [0.25, 0.3) is 0 Å². The fourth-order valence-corrected chi connectivity index (χ4v) is 1.21. The molecule has 0 atom stereocenters. The van der Waals surface area contributed by atoms with E-state index >= 15 is 0 Å². The summed E-state index contributed by atoms with van der Waals surface area (Å²) < 4.78 is 0. The fourth-order valence-electron chi connectivity index (χ4n) is 1.21. The van der Waals surface area contributed by atoms with Crippen molar-refractivity contribution < 1.29 is 4.79 Å². The van der Waals surface area contributed by atoms with E-state index in [1.54, 1.807) is 0 Å². The minimum Gasteiger partial charge on any atom is -0.305 e. The third kappa shape index (κ3) is 13.3. The van der Waals surface area contributed by atoms with Crippen molar-refractivity contribution in [2.24, 2.45) is 0 Å². The zero-order valence-electron chi connectivity index (χ0n) is 11.4. The number of nitrogens with zero attached hydrogens (tertiary/aromatic N) is 2. The van der Waals surface area contributed by atoms with Gasteiger partial charge in [0.05, 0.1) is 0 Å². The summed E-state index contributed by atoms with van der Waals surface area (Å²) >= 11 is 0. The highest BCUT2D eigenvalue weighted by atomic mass is 16.1. The molecule has 0 aliphatic rings. The van der Waals surface area contributed by atoms with Crippen LogP contribution in [0.3, 0.4) is 0 Å². The van der Waals surface area contributed by atoms with Gasteiger partial charge in [0.1, 0.15) is 6.29 Å². The number of aldehydes is 1. The van der Waals surface area contributed by atoms with Gasteiger partial charge < -0.3 is 9.80 Å². The molecule has 0 saturated heterocycles. The third-order valence-corrected chi connectivity index (χ3v) is 2.42. The molecule has 96 valence electrons. The number of allylic oxidation sites excluding steroid dienone is 1. The van der Waals surface area contributed by atoms with Gasteiger partial charge in [-0.15, -0.1) is 0 Å². The molecular weight excluding hydrogens is 200 g/mol. The van der Waals surface area contributed by atoms with Gasteiger partial charge in [0.2, 0.25) is 0 Å². The van der Waals surface area contributed by atoms with Gasteiger partial charge >= 0.3 is 0 Å². The Balaban J connectivity index is 0. The zero-order chi connectivity index (χ0) is 12.8. The quantitative estimate of drug-likeness (QED) is 0.469. The van der Waals surface area contributed by atoms with Crippen LogP contribution in [0.1, 0.15) is 27.2 Å². The van der Waals surface area contributed by atoms with Crippen LogP contribution in [0.15, 0.2) is 12.7 Å². The highest BCUT2D eigenvalue weighted by Gasteiger charge is 2.01. The standard InChI is InChI=1S/C10H24N2.C3H4O/c1-5-8-12(7-3)10-9-11(4)6-2;1-2-3-4/h5-10H2,1-4H3;2-3H,1H2. The lowest BCUT2D eigenvalue weighted by Gasteiger charge is -2.22. The second-order valence-electron chi connectivity index (χ2n) is 3.70. The van der Waals surface area contributed by atoms with E-state index < -0.39 is 0 Å². The molecule has 0 heterocycles. The number of hydrogen-bond donors (Lipinski definition) is 0. The van der Waals surface area contributed by atoms with Gasteiger partial charge in [0.25, 0.3) is 0 Å². The Kier molecular flexibility index (Phi) is 15.9. The van der Waals surface area contributed by atoms with E-state index in [1.165, 1.54) is 38.7 Å². The SMILES string of the molecule is C=CC=O.CCCN(CC)CCN(C)CC. The number of carbonyl (C=O) groups excluding carboxylic acids is 1. The van der Waals surface area contributed by atoms with Crippen molar-refractivity contribution in [3.8, 4) is 0 Å². The van der Waals surface area contributed by atoms with Crippen LogP contribution in [0.5, 0.6) is 0 Å². The summed E-state index contributed by atoms with van der Waals surface area (Å²) in [4.78, 5) is 13.9. The van der Waals surface area contributed by atoms with Crippen molar-refractivity contribution >= 4 is 6.29 Å². The van der Waals surface area contributed by atoms with Gasteiger partial charge in [0, 0.05) is 13.1 Å². The molecule has 0 aliphatic heterocycles. The lowest BCUT2D eigenvalue weighted by atomic mass is 10.4. The van der Waals surface area contributed by atoms with Crippen LogP contribution in [0, 0.1) is 0 Å².